The van der Waals surface area contributed by atoms with Crippen molar-refractivity contribution in [2.75, 3.05) is 5.32 Å². The predicted octanol–water partition coefficient (Wildman–Crippen LogP) is 4.92. The average Bonchev–Trinajstić information content (AvgIpc) is 2.83. The number of halogens is 1. The van der Waals surface area contributed by atoms with Crippen LogP contribution >= 0.6 is 11.3 Å². The molecule has 0 fully saturated rings. The van der Waals surface area contributed by atoms with Gasteiger partial charge < -0.3 is 5.32 Å². The van der Waals surface area contributed by atoms with Crippen molar-refractivity contribution in [2.45, 2.75) is 19.9 Å². The first-order valence-corrected chi connectivity index (χ1v) is 7.33. The summed E-state index contributed by atoms with van der Waals surface area (Å²) in [5, 5.41) is 4.27. The van der Waals surface area contributed by atoms with Gasteiger partial charge in [-0.3, -0.25) is 0 Å². The number of aromatic nitrogens is 1. The van der Waals surface area contributed by atoms with Crippen LogP contribution in [0.5, 0.6) is 0 Å². The molecule has 2 aromatic carbocycles. The van der Waals surface area contributed by atoms with Crippen molar-refractivity contribution in [3.05, 3.63) is 59.4 Å². The highest BCUT2D eigenvalue weighted by atomic mass is 32.1. The van der Waals surface area contributed by atoms with Gasteiger partial charge in [-0.05, 0) is 43.2 Å². The maximum Gasteiger partial charge on any atom is 0.184 e. The third-order valence-corrected chi connectivity index (χ3v) is 4.28. The molecule has 1 unspecified atom stereocenters. The zero-order valence-corrected chi connectivity index (χ0v) is 12.2. The average molecular weight is 286 g/mol. The first-order valence-electron chi connectivity index (χ1n) is 6.51. The van der Waals surface area contributed by atoms with Crippen LogP contribution in [-0.2, 0) is 0 Å². The lowest BCUT2D eigenvalue weighted by molar-refractivity contribution is 0.626. The third kappa shape index (κ3) is 2.51. The number of aryl methyl sites for hydroxylation is 1. The number of nitrogens with one attached hydrogen (secondary N) is 1. The normalized spacial score (nSPS) is 12.6. The Hall–Kier alpha value is -1.94. The highest BCUT2D eigenvalue weighted by Gasteiger charge is 2.10. The maximum absolute atomic E-state index is 12.9. The fourth-order valence-electron chi connectivity index (χ4n) is 2.17. The summed E-state index contributed by atoms with van der Waals surface area (Å²) in [6, 6.07) is 12.8. The highest BCUT2D eigenvalue weighted by molar-refractivity contribution is 7.22. The van der Waals surface area contributed by atoms with Crippen molar-refractivity contribution >= 4 is 26.7 Å². The molecule has 3 aromatic rings. The summed E-state index contributed by atoms with van der Waals surface area (Å²) >= 11 is 1.64. The first-order chi connectivity index (χ1) is 9.63. The Morgan fingerprint density at radius 1 is 1.15 bits per heavy atom. The van der Waals surface area contributed by atoms with E-state index in [1.165, 1.54) is 22.4 Å². The van der Waals surface area contributed by atoms with Crippen molar-refractivity contribution < 1.29 is 4.39 Å². The van der Waals surface area contributed by atoms with Gasteiger partial charge in [-0.1, -0.05) is 35.6 Å². The molecule has 0 aliphatic rings. The van der Waals surface area contributed by atoms with Gasteiger partial charge in [0.25, 0.3) is 0 Å². The molecule has 0 radical (unpaired) electrons. The fraction of sp³-hybridized carbons (Fsp3) is 0.188. The molecular weight excluding hydrogens is 271 g/mol. The van der Waals surface area contributed by atoms with Gasteiger partial charge in [0.2, 0.25) is 0 Å². The number of hydrogen-bond acceptors (Lipinski definition) is 3. The summed E-state index contributed by atoms with van der Waals surface area (Å²) in [5.74, 6) is -0.212. The van der Waals surface area contributed by atoms with Gasteiger partial charge in [0.05, 0.1) is 16.3 Å². The molecule has 20 heavy (non-hydrogen) atoms. The molecule has 1 atom stereocenters. The van der Waals surface area contributed by atoms with E-state index in [-0.39, 0.29) is 11.9 Å². The van der Waals surface area contributed by atoms with Crippen molar-refractivity contribution in [2.24, 2.45) is 0 Å². The summed E-state index contributed by atoms with van der Waals surface area (Å²) in [5.41, 5.74) is 3.27. The summed E-state index contributed by atoms with van der Waals surface area (Å²) in [7, 11) is 0. The Bertz CT molecular complexity index is 734. The monoisotopic (exact) mass is 286 g/mol. The zero-order chi connectivity index (χ0) is 14.1. The van der Waals surface area contributed by atoms with Crippen molar-refractivity contribution in [3.63, 3.8) is 0 Å². The Labute approximate surface area is 121 Å². The Morgan fingerprint density at radius 2 is 1.90 bits per heavy atom. The van der Waals surface area contributed by atoms with Gasteiger partial charge in [-0.25, -0.2) is 9.37 Å². The van der Waals surface area contributed by atoms with Crippen LogP contribution < -0.4 is 5.32 Å². The van der Waals surface area contributed by atoms with E-state index in [1.807, 2.05) is 13.0 Å². The minimum atomic E-state index is -0.212. The van der Waals surface area contributed by atoms with Crippen LogP contribution in [0.1, 0.15) is 24.1 Å². The SMILES string of the molecule is Cc1cccc2sc(NC(C)c3ccc(F)cc3)nc12. The minimum absolute atomic E-state index is 0.0940. The quantitative estimate of drug-likeness (QED) is 0.739. The predicted molar refractivity (Wildman–Crippen MR) is 82.8 cm³/mol. The molecule has 1 heterocycles. The van der Waals surface area contributed by atoms with E-state index >= 15 is 0 Å². The van der Waals surface area contributed by atoms with Crippen LogP contribution in [0.4, 0.5) is 9.52 Å². The number of nitrogens with zero attached hydrogens (tertiary/aromatic N) is 1. The Kier molecular flexibility index (Phi) is 3.40. The largest absolute Gasteiger partial charge is 0.355 e. The van der Waals surface area contributed by atoms with Gasteiger partial charge in [-0.2, -0.15) is 0 Å². The van der Waals surface area contributed by atoms with E-state index in [4.69, 9.17) is 0 Å². The molecule has 0 amide bonds. The van der Waals surface area contributed by atoms with Crippen molar-refractivity contribution in [1.82, 2.24) is 4.98 Å². The van der Waals surface area contributed by atoms with E-state index in [9.17, 15) is 4.39 Å². The topological polar surface area (TPSA) is 24.9 Å². The Morgan fingerprint density at radius 3 is 2.60 bits per heavy atom. The number of hydrogen-bond donors (Lipinski definition) is 1. The van der Waals surface area contributed by atoms with Crippen LogP contribution in [0.2, 0.25) is 0 Å². The summed E-state index contributed by atoms with van der Waals surface area (Å²) in [6.45, 7) is 4.11. The van der Waals surface area contributed by atoms with Gasteiger partial charge in [-0.15, -0.1) is 0 Å². The second-order valence-corrected chi connectivity index (χ2v) is 5.89. The number of benzene rings is 2. The van der Waals surface area contributed by atoms with E-state index in [0.717, 1.165) is 16.2 Å². The molecule has 0 aliphatic carbocycles. The maximum atomic E-state index is 12.9. The zero-order valence-electron chi connectivity index (χ0n) is 11.4. The third-order valence-electron chi connectivity index (χ3n) is 3.33. The van der Waals surface area contributed by atoms with Gasteiger partial charge in [0.15, 0.2) is 5.13 Å². The summed E-state index contributed by atoms with van der Waals surface area (Å²) in [4.78, 5) is 4.63. The molecule has 3 rings (SSSR count). The van der Waals surface area contributed by atoms with Crippen LogP contribution in [0.25, 0.3) is 10.2 Å². The standard InChI is InChI=1S/C16H15FN2S/c1-10-4-3-5-14-15(10)19-16(20-14)18-11(2)12-6-8-13(17)9-7-12/h3-9,11H,1-2H3,(H,18,19). The number of thiazole rings is 1. The van der Waals surface area contributed by atoms with E-state index in [0.29, 0.717) is 0 Å². The number of para-hydroxylation sites is 1. The molecule has 0 saturated heterocycles. The van der Waals surface area contributed by atoms with Crippen LogP contribution in [0, 0.1) is 12.7 Å². The van der Waals surface area contributed by atoms with Crippen LogP contribution in [-0.4, -0.2) is 4.98 Å². The molecule has 0 spiro atoms. The smallest absolute Gasteiger partial charge is 0.184 e. The number of anilines is 1. The molecular formula is C16H15FN2S. The van der Waals surface area contributed by atoms with E-state index in [1.54, 1.807) is 23.5 Å². The lowest BCUT2D eigenvalue weighted by Gasteiger charge is -2.12. The Balaban J connectivity index is 1.85. The lowest BCUT2D eigenvalue weighted by Crippen LogP contribution is -2.06. The molecule has 2 nitrogen and oxygen atoms in total. The van der Waals surface area contributed by atoms with Gasteiger partial charge >= 0.3 is 0 Å². The van der Waals surface area contributed by atoms with E-state index in [2.05, 4.69) is 29.4 Å². The lowest BCUT2D eigenvalue weighted by atomic mass is 10.1. The molecule has 0 bridgehead atoms. The van der Waals surface area contributed by atoms with Crippen LogP contribution in [0.3, 0.4) is 0 Å². The molecule has 0 saturated carbocycles. The van der Waals surface area contributed by atoms with Gasteiger partial charge in [0.1, 0.15) is 5.82 Å². The van der Waals surface area contributed by atoms with Gasteiger partial charge in [0, 0.05) is 0 Å². The summed E-state index contributed by atoms with van der Waals surface area (Å²) in [6.07, 6.45) is 0. The van der Waals surface area contributed by atoms with Crippen molar-refractivity contribution in [3.8, 4) is 0 Å². The molecule has 1 aromatic heterocycles. The minimum Gasteiger partial charge on any atom is -0.355 e. The molecule has 4 heteroatoms. The molecule has 0 aliphatic heterocycles. The first kappa shape index (κ1) is 13.1. The number of fused-ring (bicyclic) bond motifs is 1. The summed E-state index contributed by atoms with van der Waals surface area (Å²) < 4.78 is 14.1. The molecule has 102 valence electrons. The second kappa shape index (κ2) is 5.21. The number of rotatable bonds is 3. The molecule has 1 N–H and O–H groups in total. The van der Waals surface area contributed by atoms with Crippen molar-refractivity contribution in [1.29, 1.82) is 0 Å². The second-order valence-electron chi connectivity index (χ2n) is 4.86. The fourth-order valence-corrected chi connectivity index (χ4v) is 3.20. The van der Waals surface area contributed by atoms with E-state index < -0.39 is 0 Å². The van der Waals surface area contributed by atoms with Crippen LogP contribution in [0.15, 0.2) is 42.5 Å². The highest BCUT2D eigenvalue weighted by Crippen LogP contribution is 2.30.